The Labute approximate surface area is 171 Å². The van der Waals surface area contributed by atoms with E-state index in [-0.39, 0.29) is 32.9 Å². The van der Waals surface area contributed by atoms with E-state index in [2.05, 4.69) is 20.6 Å². The molecule has 0 atom stereocenters. The van der Waals surface area contributed by atoms with Crippen LogP contribution in [-0.4, -0.2) is 46.8 Å². The molecule has 0 fully saturated rings. The molecule has 12 heteroatoms. The summed E-state index contributed by atoms with van der Waals surface area (Å²) in [4.78, 5) is 0.204. The quantitative estimate of drug-likeness (QED) is 0.402. The molecule has 0 unspecified atom stereocenters. The Morgan fingerprint density at radius 2 is 0.967 bits per heavy atom. The van der Waals surface area contributed by atoms with Crippen LogP contribution < -0.4 is 0 Å². The van der Waals surface area contributed by atoms with E-state index in [1.807, 2.05) is 0 Å². The van der Waals surface area contributed by atoms with Crippen molar-refractivity contribution in [3.05, 3.63) is 72.1 Å². The van der Waals surface area contributed by atoms with Gasteiger partial charge in [-0.05, 0) is 24.3 Å². The van der Waals surface area contributed by atoms with Crippen LogP contribution in [0.1, 0.15) is 11.4 Å². The predicted molar refractivity (Wildman–Crippen MR) is 102 cm³/mol. The monoisotopic (exact) mass is 442 g/mol. The molecule has 0 spiro atoms. The molecule has 152 valence electrons. The summed E-state index contributed by atoms with van der Waals surface area (Å²) in [6.45, 7) is -0.0257. The van der Waals surface area contributed by atoms with Gasteiger partial charge in [0.15, 0.2) is 0 Å². The standard InChI is InChI=1S/C18H14N6O4S2/c25-29(26,13-7-3-1-4-8-13)17-15-11-24-16(12-23(15)21-19-17)18(20-22-24)30(27,28)14-9-5-2-6-10-14/h1-10H,11-12H2. The molecular weight excluding hydrogens is 428 g/mol. The lowest BCUT2D eigenvalue weighted by atomic mass is 10.3. The van der Waals surface area contributed by atoms with Crippen molar-refractivity contribution in [2.24, 2.45) is 0 Å². The topological polar surface area (TPSA) is 130 Å². The molecule has 3 heterocycles. The van der Waals surface area contributed by atoms with Gasteiger partial charge < -0.3 is 0 Å². The number of benzene rings is 2. The van der Waals surface area contributed by atoms with E-state index in [0.717, 1.165) is 0 Å². The molecule has 10 nitrogen and oxygen atoms in total. The van der Waals surface area contributed by atoms with Crippen LogP contribution in [0.5, 0.6) is 0 Å². The molecule has 2 aromatic carbocycles. The number of aromatic nitrogens is 6. The van der Waals surface area contributed by atoms with Crippen molar-refractivity contribution in [2.45, 2.75) is 32.9 Å². The van der Waals surface area contributed by atoms with Crippen molar-refractivity contribution in [1.82, 2.24) is 30.0 Å². The van der Waals surface area contributed by atoms with Crippen molar-refractivity contribution in [3.63, 3.8) is 0 Å². The van der Waals surface area contributed by atoms with Crippen molar-refractivity contribution in [1.29, 1.82) is 0 Å². The third-order valence-electron chi connectivity index (χ3n) is 4.82. The van der Waals surface area contributed by atoms with E-state index in [0.29, 0.717) is 11.4 Å². The van der Waals surface area contributed by atoms with Crippen LogP contribution in [0.4, 0.5) is 0 Å². The summed E-state index contributed by atoms with van der Waals surface area (Å²) in [7, 11) is -7.76. The van der Waals surface area contributed by atoms with Gasteiger partial charge in [-0.1, -0.05) is 46.8 Å². The summed E-state index contributed by atoms with van der Waals surface area (Å²) >= 11 is 0. The second kappa shape index (κ2) is 6.57. The molecule has 1 aliphatic heterocycles. The molecule has 5 rings (SSSR count). The molecule has 4 aromatic rings. The summed E-state index contributed by atoms with van der Waals surface area (Å²) in [5.74, 6) is 0. The number of fused-ring (bicyclic) bond motifs is 2. The van der Waals surface area contributed by atoms with Crippen LogP contribution in [0, 0.1) is 0 Å². The lowest BCUT2D eigenvalue weighted by Gasteiger charge is -2.16. The minimum Gasteiger partial charge on any atom is -0.240 e. The van der Waals surface area contributed by atoms with Gasteiger partial charge in [-0.3, -0.25) is 0 Å². The first-order valence-corrected chi connectivity index (χ1v) is 11.8. The van der Waals surface area contributed by atoms with E-state index < -0.39 is 19.7 Å². The Bertz CT molecular complexity index is 1350. The lowest BCUT2D eigenvalue weighted by molar-refractivity contribution is 0.485. The van der Waals surface area contributed by atoms with E-state index >= 15 is 0 Å². The van der Waals surface area contributed by atoms with Gasteiger partial charge in [0.05, 0.1) is 22.9 Å². The van der Waals surface area contributed by atoms with Crippen molar-refractivity contribution in [3.8, 4) is 0 Å². The molecule has 0 saturated heterocycles. The Kier molecular flexibility index (Phi) is 4.08. The summed E-state index contributed by atoms with van der Waals surface area (Å²) in [6, 6.07) is 15.9. The van der Waals surface area contributed by atoms with Gasteiger partial charge in [0.2, 0.25) is 29.7 Å². The molecule has 0 amide bonds. The third kappa shape index (κ3) is 2.75. The average Bonchev–Trinajstić information content (AvgIpc) is 3.37. The maximum Gasteiger partial charge on any atom is 0.227 e. The molecule has 0 aliphatic carbocycles. The largest absolute Gasteiger partial charge is 0.240 e. The summed E-state index contributed by atoms with van der Waals surface area (Å²) in [5.41, 5.74) is 0.639. The van der Waals surface area contributed by atoms with Gasteiger partial charge in [-0.15, -0.1) is 10.2 Å². The van der Waals surface area contributed by atoms with Crippen LogP contribution in [0.2, 0.25) is 0 Å². The van der Waals surface area contributed by atoms with Crippen molar-refractivity contribution < 1.29 is 16.8 Å². The Hall–Kier alpha value is -3.38. The van der Waals surface area contributed by atoms with Crippen molar-refractivity contribution in [2.75, 3.05) is 0 Å². The fourth-order valence-electron chi connectivity index (χ4n) is 3.31. The molecule has 0 radical (unpaired) electrons. The third-order valence-corrected chi connectivity index (χ3v) is 8.26. The maximum atomic E-state index is 13.0. The highest BCUT2D eigenvalue weighted by Crippen LogP contribution is 2.29. The van der Waals surface area contributed by atoms with Crippen LogP contribution in [0.15, 0.2) is 80.5 Å². The first-order valence-electron chi connectivity index (χ1n) is 8.84. The molecule has 0 N–H and O–H groups in total. The Morgan fingerprint density at radius 1 is 0.600 bits per heavy atom. The van der Waals surface area contributed by atoms with Gasteiger partial charge in [0.25, 0.3) is 0 Å². The summed E-state index contributed by atoms with van der Waals surface area (Å²) in [5, 5.41) is 15.3. The zero-order chi connectivity index (χ0) is 20.9. The van der Waals surface area contributed by atoms with Crippen molar-refractivity contribution >= 4 is 19.7 Å². The zero-order valence-corrected chi connectivity index (χ0v) is 17.0. The van der Waals surface area contributed by atoms with Crippen LogP contribution in [0.25, 0.3) is 0 Å². The Balaban J connectivity index is 1.56. The molecule has 0 saturated carbocycles. The fourth-order valence-corrected chi connectivity index (χ4v) is 6.04. The van der Waals surface area contributed by atoms with Gasteiger partial charge in [-0.2, -0.15) is 0 Å². The van der Waals surface area contributed by atoms with E-state index in [9.17, 15) is 16.8 Å². The highest BCUT2D eigenvalue weighted by molar-refractivity contribution is 7.91. The number of hydrogen-bond acceptors (Lipinski definition) is 8. The predicted octanol–water partition coefficient (Wildman–Crippen LogP) is 0.945. The van der Waals surface area contributed by atoms with Gasteiger partial charge in [-0.25, -0.2) is 26.2 Å². The van der Waals surface area contributed by atoms with Gasteiger partial charge >= 0.3 is 0 Å². The minimum absolute atomic E-state index is 0.0129. The first kappa shape index (κ1) is 18.6. The second-order valence-corrected chi connectivity index (χ2v) is 10.4. The average molecular weight is 442 g/mol. The maximum absolute atomic E-state index is 13.0. The highest BCUT2D eigenvalue weighted by Gasteiger charge is 2.35. The van der Waals surface area contributed by atoms with Crippen LogP contribution in [-0.2, 0) is 32.8 Å². The van der Waals surface area contributed by atoms with E-state index in [1.165, 1.54) is 33.6 Å². The Morgan fingerprint density at radius 3 is 1.33 bits per heavy atom. The minimum atomic E-state index is -3.88. The first-order chi connectivity index (χ1) is 14.4. The van der Waals surface area contributed by atoms with Crippen LogP contribution >= 0.6 is 0 Å². The zero-order valence-electron chi connectivity index (χ0n) is 15.3. The molecular formula is C18H14N6O4S2. The molecule has 2 aromatic heterocycles. The summed E-state index contributed by atoms with van der Waals surface area (Å²) in [6.07, 6.45) is 0. The normalized spacial score (nSPS) is 13.6. The van der Waals surface area contributed by atoms with Gasteiger partial charge in [0.1, 0.15) is 11.4 Å². The second-order valence-electron chi connectivity index (χ2n) is 6.63. The number of hydrogen-bond donors (Lipinski definition) is 0. The number of sulfone groups is 2. The molecule has 0 bridgehead atoms. The van der Waals surface area contributed by atoms with Crippen LogP contribution in [0.3, 0.4) is 0 Å². The highest BCUT2D eigenvalue weighted by atomic mass is 32.2. The number of rotatable bonds is 4. The molecule has 1 aliphatic rings. The SMILES string of the molecule is O=S(=O)(c1ccccc1)c1nnn2c1Cn1nnc(S(=O)(=O)c3ccccc3)c1C2. The van der Waals surface area contributed by atoms with E-state index in [1.54, 1.807) is 36.4 Å². The molecule has 30 heavy (non-hydrogen) atoms. The lowest BCUT2D eigenvalue weighted by Crippen LogP contribution is -2.23. The summed E-state index contributed by atoms with van der Waals surface area (Å²) < 4.78 is 54.6. The van der Waals surface area contributed by atoms with E-state index in [4.69, 9.17) is 0 Å². The smallest absolute Gasteiger partial charge is 0.227 e. The van der Waals surface area contributed by atoms with Gasteiger partial charge in [0, 0.05) is 0 Å². The number of nitrogens with zero attached hydrogens (tertiary/aromatic N) is 6. The fraction of sp³-hybridized carbons (Fsp3) is 0.111.